The molecule has 1 N–H and O–H groups in total. The van der Waals surface area contributed by atoms with Gasteiger partial charge in [0.05, 0.1) is 30.9 Å². The predicted octanol–water partition coefficient (Wildman–Crippen LogP) is 1.37. The van der Waals surface area contributed by atoms with Crippen LogP contribution in [-0.2, 0) is 9.47 Å². The zero-order valence-corrected chi connectivity index (χ0v) is 11.6. The normalized spacial score (nSPS) is 36.7. The molecular weight excluding hydrogens is 232 g/mol. The number of morpholine rings is 1. The van der Waals surface area contributed by atoms with E-state index in [0.29, 0.717) is 19.7 Å². The zero-order chi connectivity index (χ0) is 13.2. The van der Waals surface area contributed by atoms with E-state index in [9.17, 15) is 4.79 Å². The van der Waals surface area contributed by atoms with Gasteiger partial charge in [-0.3, -0.25) is 0 Å². The van der Waals surface area contributed by atoms with Gasteiger partial charge in [-0.25, -0.2) is 4.79 Å². The summed E-state index contributed by atoms with van der Waals surface area (Å²) in [6, 6.07) is 0.161. The van der Waals surface area contributed by atoms with Gasteiger partial charge < -0.3 is 19.7 Å². The Hall–Kier alpha value is -0.810. The fourth-order valence-corrected chi connectivity index (χ4v) is 2.49. The van der Waals surface area contributed by atoms with Gasteiger partial charge in [0.2, 0.25) is 0 Å². The first-order chi connectivity index (χ1) is 8.54. The minimum absolute atomic E-state index is 0.0142. The fraction of sp³-hybridized carbons (Fsp3) is 0.923. The van der Waals surface area contributed by atoms with Crippen molar-refractivity contribution in [2.75, 3.05) is 26.3 Å². The summed E-state index contributed by atoms with van der Waals surface area (Å²) in [5, 5.41) is 3.07. The highest BCUT2D eigenvalue weighted by Crippen LogP contribution is 2.21. The van der Waals surface area contributed by atoms with Crippen LogP contribution in [0.2, 0.25) is 0 Å². The molecule has 0 radical (unpaired) electrons. The minimum Gasteiger partial charge on any atom is -0.376 e. The number of urea groups is 1. The standard InChI is InChI=1S/C13H24N2O3/c1-4-13(3)9-15(6-8-18-13)12(16)14-11-5-7-17-10(11)2/h10-11H,4-9H2,1-3H3,(H,14,16). The van der Waals surface area contributed by atoms with Crippen LogP contribution in [0.4, 0.5) is 4.79 Å². The van der Waals surface area contributed by atoms with Crippen molar-refractivity contribution in [3.05, 3.63) is 0 Å². The molecule has 0 aromatic carbocycles. The molecule has 2 heterocycles. The summed E-state index contributed by atoms with van der Waals surface area (Å²) >= 11 is 0. The van der Waals surface area contributed by atoms with Crippen LogP contribution in [0.25, 0.3) is 0 Å². The molecule has 0 bridgehead atoms. The molecule has 104 valence electrons. The van der Waals surface area contributed by atoms with Gasteiger partial charge in [-0.05, 0) is 26.7 Å². The second-order valence-electron chi connectivity index (χ2n) is 5.49. The first kappa shape index (κ1) is 13.6. The monoisotopic (exact) mass is 256 g/mol. The van der Waals surface area contributed by atoms with E-state index in [0.717, 1.165) is 19.4 Å². The summed E-state index contributed by atoms with van der Waals surface area (Å²) < 4.78 is 11.2. The second-order valence-corrected chi connectivity index (χ2v) is 5.49. The Kier molecular flexibility index (Phi) is 4.12. The van der Waals surface area contributed by atoms with Gasteiger partial charge in [0.25, 0.3) is 0 Å². The van der Waals surface area contributed by atoms with Crippen LogP contribution in [0.1, 0.15) is 33.6 Å². The molecule has 0 aromatic rings. The van der Waals surface area contributed by atoms with Crippen molar-refractivity contribution in [3.63, 3.8) is 0 Å². The van der Waals surface area contributed by atoms with Crippen molar-refractivity contribution in [1.82, 2.24) is 10.2 Å². The van der Waals surface area contributed by atoms with E-state index >= 15 is 0 Å². The lowest BCUT2D eigenvalue weighted by Gasteiger charge is -2.40. The number of nitrogens with one attached hydrogen (secondary N) is 1. The van der Waals surface area contributed by atoms with Crippen LogP contribution in [0.5, 0.6) is 0 Å². The Labute approximate surface area is 109 Å². The number of hydrogen-bond donors (Lipinski definition) is 1. The number of rotatable bonds is 2. The highest BCUT2D eigenvalue weighted by Gasteiger charge is 2.34. The first-order valence-electron chi connectivity index (χ1n) is 6.85. The summed E-state index contributed by atoms with van der Waals surface area (Å²) in [5.74, 6) is 0. The molecule has 5 nitrogen and oxygen atoms in total. The highest BCUT2D eigenvalue weighted by molar-refractivity contribution is 5.74. The SMILES string of the molecule is CCC1(C)CN(C(=O)NC2CCOC2C)CCO1. The van der Waals surface area contributed by atoms with Gasteiger partial charge in [-0.1, -0.05) is 6.92 Å². The molecule has 3 atom stereocenters. The van der Waals surface area contributed by atoms with Crippen molar-refractivity contribution in [2.24, 2.45) is 0 Å². The molecule has 0 saturated carbocycles. The number of hydrogen-bond acceptors (Lipinski definition) is 3. The Morgan fingerprint density at radius 2 is 2.28 bits per heavy atom. The van der Waals surface area contributed by atoms with Crippen LogP contribution in [0.3, 0.4) is 0 Å². The number of nitrogens with zero attached hydrogens (tertiary/aromatic N) is 1. The van der Waals surface area contributed by atoms with E-state index in [1.807, 2.05) is 11.8 Å². The third-order valence-electron chi connectivity index (χ3n) is 4.06. The van der Waals surface area contributed by atoms with Crippen molar-refractivity contribution < 1.29 is 14.3 Å². The summed E-state index contributed by atoms with van der Waals surface area (Å²) in [4.78, 5) is 14.1. The van der Waals surface area contributed by atoms with E-state index < -0.39 is 0 Å². The molecule has 5 heteroatoms. The molecule has 3 unspecified atom stereocenters. The van der Waals surface area contributed by atoms with Crippen LogP contribution < -0.4 is 5.32 Å². The topological polar surface area (TPSA) is 50.8 Å². The Balaban J connectivity index is 1.88. The van der Waals surface area contributed by atoms with Gasteiger partial charge in [0.15, 0.2) is 0 Å². The van der Waals surface area contributed by atoms with Crippen LogP contribution in [0, 0.1) is 0 Å². The molecule has 2 fully saturated rings. The van der Waals surface area contributed by atoms with Crippen molar-refractivity contribution in [3.8, 4) is 0 Å². The van der Waals surface area contributed by atoms with Gasteiger partial charge in [-0.2, -0.15) is 0 Å². The number of amides is 2. The van der Waals surface area contributed by atoms with E-state index in [4.69, 9.17) is 9.47 Å². The summed E-state index contributed by atoms with van der Waals surface area (Å²) in [7, 11) is 0. The van der Waals surface area contributed by atoms with Crippen molar-refractivity contribution >= 4 is 6.03 Å². The van der Waals surface area contributed by atoms with Crippen LogP contribution in [0.15, 0.2) is 0 Å². The molecule has 2 amide bonds. The summed E-state index contributed by atoms with van der Waals surface area (Å²) in [5.41, 5.74) is -0.201. The van der Waals surface area contributed by atoms with E-state index in [1.165, 1.54) is 0 Å². The third kappa shape index (κ3) is 2.95. The lowest BCUT2D eigenvalue weighted by Crippen LogP contribution is -2.56. The van der Waals surface area contributed by atoms with Gasteiger partial charge in [0, 0.05) is 13.2 Å². The van der Waals surface area contributed by atoms with Crippen LogP contribution >= 0.6 is 0 Å². The lowest BCUT2D eigenvalue weighted by molar-refractivity contribution is -0.0875. The Morgan fingerprint density at radius 1 is 1.50 bits per heavy atom. The van der Waals surface area contributed by atoms with E-state index in [-0.39, 0.29) is 23.8 Å². The number of carbonyl (C=O) groups is 1. The molecule has 0 aliphatic carbocycles. The van der Waals surface area contributed by atoms with Crippen molar-refractivity contribution in [2.45, 2.75) is 51.4 Å². The third-order valence-corrected chi connectivity index (χ3v) is 4.06. The molecule has 2 aliphatic heterocycles. The molecule has 2 aliphatic rings. The predicted molar refractivity (Wildman–Crippen MR) is 68.6 cm³/mol. The van der Waals surface area contributed by atoms with E-state index in [2.05, 4.69) is 19.2 Å². The van der Waals surface area contributed by atoms with Gasteiger partial charge >= 0.3 is 6.03 Å². The summed E-state index contributed by atoms with van der Waals surface area (Å²) in [6.07, 6.45) is 1.94. The Bertz CT molecular complexity index is 311. The zero-order valence-electron chi connectivity index (χ0n) is 11.6. The minimum atomic E-state index is -0.201. The number of carbonyl (C=O) groups excluding carboxylic acids is 1. The average molecular weight is 256 g/mol. The summed E-state index contributed by atoms with van der Waals surface area (Å²) in [6.45, 7) is 8.85. The number of ether oxygens (including phenoxy) is 2. The lowest BCUT2D eigenvalue weighted by atomic mass is 10.0. The molecule has 18 heavy (non-hydrogen) atoms. The average Bonchev–Trinajstić information content (AvgIpc) is 2.75. The highest BCUT2D eigenvalue weighted by atomic mass is 16.5. The van der Waals surface area contributed by atoms with Crippen molar-refractivity contribution in [1.29, 1.82) is 0 Å². The van der Waals surface area contributed by atoms with Gasteiger partial charge in [0.1, 0.15) is 0 Å². The fourth-order valence-electron chi connectivity index (χ4n) is 2.49. The molecule has 0 aromatic heterocycles. The van der Waals surface area contributed by atoms with Crippen LogP contribution in [-0.4, -0.2) is 55.0 Å². The first-order valence-corrected chi connectivity index (χ1v) is 6.85. The maximum atomic E-state index is 12.2. The molecule has 0 spiro atoms. The van der Waals surface area contributed by atoms with E-state index in [1.54, 1.807) is 0 Å². The molecule has 2 saturated heterocycles. The largest absolute Gasteiger partial charge is 0.376 e. The quantitative estimate of drug-likeness (QED) is 0.812. The second kappa shape index (κ2) is 5.45. The molecular formula is C13H24N2O3. The van der Waals surface area contributed by atoms with Gasteiger partial charge in [-0.15, -0.1) is 0 Å². The smallest absolute Gasteiger partial charge is 0.317 e. The molecule has 2 rings (SSSR count). The Morgan fingerprint density at radius 3 is 2.89 bits per heavy atom. The maximum Gasteiger partial charge on any atom is 0.317 e. The maximum absolute atomic E-state index is 12.2.